The number of aromatic nitrogens is 1. The average Bonchev–Trinajstić information content (AvgIpc) is 3.33. The van der Waals surface area contributed by atoms with E-state index in [4.69, 9.17) is 16.3 Å². The molecule has 3 aromatic carbocycles. The molecular formula is C27H20ClN3O3. The van der Waals surface area contributed by atoms with Gasteiger partial charge in [-0.25, -0.2) is 14.8 Å². The van der Waals surface area contributed by atoms with Crippen LogP contribution in [0.3, 0.4) is 0 Å². The number of pyridine rings is 1. The van der Waals surface area contributed by atoms with Gasteiger partial charge in [-0.3, -0.25) is 4.79 Å². The number of hydrazone groups is 1. The van der Waals surface area contributed by atoms with Gasteiger partial charge in [0, 0.05) is 12.6 Å². The molecule has 1 amide bonds. The molecule has 0 spiro atoms. The van der Waals surface area contributed by atoms with Gasteiger partial charge in [0.1, 0.15) is 5.15 Å². The van der Waals surface area contributed by atoms with Crippen molar-refractivity contribution in [3.05, 3.63) is 113 Å². The third-order valence-corrected chi connectivity index (χ3v) is 6.04. The number of carbonyl (C=O) groups excluding carboxylic acids is 2. The predicted octanol–water partition coefficient (Wildman–Crippen LogP) is 5.42. The van der Waals surface area contributed by atoms with Gasteiger partial charge in [-0.15, -0.1) is 0 Å². The van der Waals surface area contributed by atoms with Gasteiger partial charge in [-0.05, 0) is 40.1 Å². The molecule has 0 N–H and O–H groups in total. The van der Waals surface area contributed by atoms with E-state index in [-0.39, 0.29) is 16.8 Å². The van der Waals surface area contributed by atoms with Crippen LogP contribution in [-0.4, -0.2) is 34.2 Å². The number of nitrogens with zero attached hydrogens (tertiary/aromatic N) is 3. The number of carbonyl (C=O) groups is 2. The molecule has 1 aliphatic rings. The van der Waals surface area contributed by atoms with Crippen LogP contribution in [0.15, 0.2) is 96.2 Å². The van der Waals surface area contributed by atoms with Crippen LogP contribution >= 0.6 is 11.6 Å². The highest BCUT2D eigenvalue weighted by atomic mass is 35.5. The van der Waals surface area contributed by atoms with Crippen molar-refractivity contribution in [1.82, 2.24) is 9.99 Å². The van der Waals surface area contributed by atoms with Gasteiger partial charge >= 0.3 is 5.97 Å². The number of halogens is 1. The summed E-state index contributed by atoms with van der Waals surface area (Å²) in [4.78, 5) is 29.4. The van der Waals surface area contributed by atoms with E-state index in [0.717, 1.165) is 27.6 Å². The summed E-state index contributed by atoms with van der Waals surface area (Å²) in [5.74, 6) is -1.13. The Morgan fingerprint density at radius 1 is 0.941 bits per heavy atom. The summed E-state index contributed by atoms with van der Waals surface area (Å²) in [5.41, 5.74) is 2.82. The van der Waals surface area contributed by atoms with Crippen molar-refractivity contribution in [3.8, 4) is 0 Å². The third kappa shape index (κ3) is 4.40. The molecule has 6 nitrogen and oxygen atoms in total. The Hall–Kier alpha value is -4.03. The van der Waals surface area contributed by atoms with E-state index in [1.165, 1.54) is 17.3 Å². The van der Waals surface area contributed by atoms with Crippen LogP contribution < -0.4 is 0 Å². The minimum absolute atomic E-state index is 0.0277. The Morgan fingerprint density at radius 2 is 1.71 bits per heavy atom. The van der Waals surface area contributed by atoms with E-state index in [1.54, 1.807) is 6.07 Å². The van der Waals surface area contributed by atoms with Crippen LogP contribution in [0, 0.1) is 0 Å². The molecule has 0 bridgehead atoms. The van der Waals surface area contributed by atoms with Crippen LogP contribution in [0.4, 0.5) is 0 Å². The average molecular weight is 470 g/mol. The summed E-state index contributed by atoms with van der Waals surface area (Å²) < 4.78 is 5.24. The smallest absolute Gasteiger partial charge is 0.341 e. The lowest BCUT2D eigenvalue weighted by Crippen LogP contribution is -2.31. The summed E-state index contributed by atoms with van der Waals surface area (Å²) in [6.07, 6.45) is 2.03. The SMILES string of the molecule is O=C(OCC(=O)N1N=C(c2ccc3ccccc3c2)CC1c1ccccc1)c1cccnc1Cl. The Kier molecular flexibility index (Phi) is 6.06. The third-order valence-electron chi connectivity index (χ3n) is 5.74. The Morgan fingerprint density at radius 3 is 2.50 bits per heavy atom. The molecule has 1 unspecified atom stereocenters. The number of rotatable bonds is 5. The van der Waals surface area contributed by atoms with Crippen molar-refractivity contribution in [2.24, 2.45) is 5.10 Å². The molecule has 1 aromatic heterocycles. The molecule has 0 fully saturated rings. The lowest BCUT2D eigenvalue weighted by molar-refractivity contribution is -0.136. The molecule has 2 heterocycles. The first-order valence-electron chi connectivity index (χ1n) is 10.8. The number of fused-ring (bicyclic) bond motifs is 1. The monoisotopic (exact) mass is 469 g/mol. The quantitative estimate of drug-likeness (QED) is 0.289. The fraction of sp³-hybridized carbons (Fsp3) is 0.111. The second-order valence-corrected chi connectivity index (χ2v) is 8.25. The molecule has 7 heteroatoms. The van der Waals surface area contributed by atoms with Crippen molar-refractivity contribution < 1.29 is 14.3 Å². The zero-order valence-corrected chi connectivity index (χ0v) is 18.9. The van der Waals surface area contributed by atoms with E-state index >= 15 is 0 Å². The first-order chi connectivity index (χ1) is 16.6. The van der Waals surface area contributed by atoms with Crippen LogP contribution in [0.25, 0.3) is 10.8 Å². The maximum Gasteiger partial charge on any atom is 0.341 e. The van der Waals surface area contributed by atoms with E-state index in [0.29, 0.717) is 6.42 Å². The molecule has 34 heavy (non-hydrogen) atoms. The fourth-order valence-corrected chi connectivity index (χ4v) is 4.22. The topological polar surface area (TPSA) is 71.9 Å². The number of hydrogen-bond donors (Lipinski definition) is 0. The van der Waals surface area contributed by atoms with Gasteiger partial charge in [-0.2, -0.15) is 5.10 Å². The molecule has 0 saturated heterocycles. The highest BCUT2D eigenvalue weighted by molar-refractivity contribution is 6.32. The number of esters is 1. The maximum absolute atomic E-state index is 13.1. The van der Waals surface area contributed by atoms with Crippen LogP contribution in [0.5, 0.6) is 0 Å². The first-order valence-corrected chi connectivity index (χ1v) is 11.2. The minimum atomic E-state index is -0.708. The normalized spacial score (nSPS) is 15.3. The lowest BCUT2D eigenvalue weighted by atomic mass is 9.97. The number of ether oxygens (including phenoxy) is 1. The van der Waals surface area contributed by atoms with Crippen molar-refractivity contribution in [2.45, 2.75) is 12.5 Å². The van der Waals surface area contributed by atoms with Gasteiger partial charge in [-0.1, -0.05) is 78.3 Å². The molecule has 0 aliphatic carbocycles. The van der Waals surface area contributed by atoms with E-state index in [9.17, 15) is 9.59 Å². The molecule has 1 atom stereocenters. The molecule has 0 radical (unpaired) electrons. The maximum atomic E-state index is 13.1. The number of amides is 1. The van der Waals surface area contributed by atoms with Gasteiger partial charge in [0.05, 0.1) is 17.3 Å². The van der Waals surface area contributed by atoms with Crippen LogP contribution in [0.1, 0.15) is 33.9 Å². The molecule has 0 saturated carbocycles. The van der Waals surface area contributed by atoms with Gasteiger partial charge in [0.15, 0.2) is 6.61 Å². The molecule has 4 aromatic rings. The summed E-state index contributed by atoms with van der Waals surface area (Å²) in [6, 6.07) is 26.7. The molecular weight excluding hydrogens is 450 g/mol. The van der Waals surface area contributed by atoms with Crippen molar-refractivity contribution >= 4 is 40.0 Å². The second kappa shape index (κ2) is 9.45. The first kappa shape index (κ1) is 21.8. The second-order valence-electron chi connectivity index (χ2n) is 7.90. The summed E-state index contributed by atoms with van der Waals surface area (Å²) in [7, 11) is 0. The van der Waals surface area contributed by atoms with Crippen molar-refractivity contribution in [1.29, 1.82) is 0 Å². The minimum Gasteiger partial charge on any atom is -0.452 e. The summed E-state index contributed by atoms with van der Waals surface area (Å²) >= 11 is 5.96. The van der Waals surface area contributed by atoms with Crippen LogP contribution in [0.2, 0.25) is 5.15 Å². The van der Waals surface area contributed by atoms with Gasteiger partial charge in [0.2, 0.25) is 0 Å². The summed E-state index contributed by atoms with van der Waals surface area (Å²) in [6.45, 7) is -0.456. The van der Waals surface area contributed by atoms with Crippen LogP contribution in [-0.2, 0) is 9.53 Å². The van der Waals surface area contributed by atoms with E-state index in [2.05, 4.69) is 34.4 Å². The zero-order valence-electron chi connectivity index (χ0n) is 18.1. The predicted molar refractivity (Wildman–Crippen MR) is 131 cm³/mol. The van der Waals surface area contributed by atoms with Gasteiger partial charge in [0.25, 0.3) is 5.91 Å². The molecule has 168 valence electrons. The Bertz CT molecular complexity index is 1400. The molecule has 1 aliphatic heterocycles. The standard InChI is InChI=1S/C27H20ClN3O3/c28-26-22(11-6-14-29-26)27(33)34-17-25(32)31-24(19-8-2-1-3-9-19)16-23(30-31)21-13-12-18-7-4-5-10-20(18)15-21/h1-15,24H,16-17H2. The van der Waals surface area contributed by atoms with Gasteiger partial charge < -0.3 is 4.74 Å². The lowest BCUT2D eigenvalue weighted by Gasteiger charge is -2.21. The number of benzene rings is 3. The summed E-state index contributed by atoms with van der Waals surface area (Å²) in [5, 5.41) is 8.34. The van der Waals surface area contributed by atoms with E-state index < -0.39 is 18.5 Å². The highest BCUT2D eigenvalue weighted by Gasteiger charge is 2.33. The van der Waals surface area contributed by atoms with Crippen molar-refractivity contribution in [2.75, 3.05) is 6.61 Å². The highest BCUT2D eigenvalue weighted by Crippen LogP contribution is 2.33. The number of hydrogen-bond acceptors (Lipinski definition) is 5. The Labute approximate surface area is 201 Å². The van der Waals surface area contributed by atoms with E-state index in [1.807, 2.05) is 48.5 Å². The largest absolute Gasteiger partial charge is 0.452 e. The Balaban J connectivity index is 1.40. The zero-order chi connectivity index (χ0) is 23.5. The fourth-order valence-electron chi connectivity index (χ4n) is 4.03. The molecule has 5 rings (SSSR count). The van der Waals surface area contributed by atoms with Crippen molar-refractivity contribution in [3.63, 3.8) is 0 Å².